The second kappa shape index (κ2) is 5.96. The molecule has 7 aromatic rings. The second-order valence-corrected chi connectivity index (χ2v) is 8.11. The smallest absolute Gasteiger partial charge is 0.123 e. The van der Waals surface area contributed by atoms with Gasteiger partial charge in [-0.2, -0.15) is 0 Å². The molecule has 0 bridgehead atoms. The topological polar surface area (TPSA) is 31.6 Å². The van der Waals surface area contributed by atoms with Gasteiger partial charge in [0.1, 0.15) is 5.82 Å². The minimum absolute atomic E-state index is 0.225. The summed E-state index contributed by atoms with van der Waals surface area (Å²) in [4.78, 5) is 7.24. The number of benzene rings is 5. The quantitative estimate of drug-likeness (QED) is 0.280. The highest BCUT2D eigenvalue weighted by Gasteiger charge is 2.17. The summed E-state index contributed by atoms with van der Waals surface area (Å²) in [5.74, 6) is -0.225. The summed E-state index contributed by atoms with van der Waals surface area (Å²) in [6.07, 6.45) is 0. The first-order chi connectivity index (χ1) is 15.3. The Hall–Kier alpha value is -4.11. The number of fused-ring (bicyclic) bond motifs is 8. The van der Waals surface area contributed by atoms with Crippen LogP contribution in [-0.2, 0) is 0 Å². The summed E-state index contributed by atoms with van der Waals surface area (Å²) in [6, 6.07) is 30.2. The maximum absolute atomic E-state index is 13.7. The van der Waals surface area contributed by atoms with Gasteiger partial charge in [-0.25, -0.2) is 4.39 Å². The Balaban J connectivity index is 1.74. The lowest BCUT2D eigenvalue weighted by Crippen LogP contribution is -1.86. The van der Waals surface area contributed by atoms with Crippen molar-refractivity contribution in [3.8, 4) is 11.1 Å². The lowest BCUT2D eigenvalue weighted by Gasteiger charge is -2.11. The van der Waals surface area contributed by atoms with Crippen molar-refractivity contribution in [1.29, 1.82) is 0 Å². The zero-order valence-corrected chi connectivity index (χ0v) is 16.5. The second-order valence-electron chi connectivity index (χ2n) is 8.11. The average molecular weight is 400 g/mol. The normalized spacial score (nSPS) is 12.0. The van der Waals surface area contributed by atoms with Crippen molar-refractivity contribution in [3.05, 3.63) is 96.8 Å². The molecular formula is C28H17FN2. The molecule has 5 aromatic carbocycles. The van der Waals surface area contributed by atoms with Gasteiger partial charge < -0.3 is 9.97 Å². The highest BCUT2D eigenvalue weighted by Crippen LogP contribution is 2.43. The van der Waals surface area contributed by atoms with Crippen LogP contribution in [-0.4, -0.2) is 9.97 Å². The van der Waals surface area contributed by atoms with Crippen LogP contribution in [0.3, 0.4) is 0 Å². The molecule has 2 heterocycles. The first kappa shape index (κ1) is 16.7. The van der Waals surface area contributed by atoms with E-state index in [0.717, 1.165) is 44.0 Å². The molecule has 0 saturated carbocycles. The van der Waals surface area contributed by atoms with E-state index >= 15 is 0 Å². The summed E-state index contributed by atoms with van der Waals surface area (Å²) in [6.45, 7) is 0. The molecule has 0 fully saturated rings. The predicted molar refractivity (Wildman–Crippen MR) is 128 cm³/mol. The minimum atomic E-state index is -0.225. The number of H-pyrrole nitrogens is 2. The monoisotopic (exact) mass is 400 g/mol. The fourth-order valence-corrected chi connectivity index (χ4v) is 5.04. The van der Waals surface area contributed by atoms with Crippen molar-refractivity contribution < 1.29 is 4.39 Å². The van der Waals surface area contributed by atoms with Crippen molar-refractivity contribution in [1.82, 2.24) is 9.97 Å². The molecule has 0 aliphatic heterocycles. The number of halogens is 1. The molecule has 0 amide bonds. The molecule has 146 valence electrons. The predicted octanol–water partition coefficient (Wildman–Crippen LogP) is 7.91. The van der Waals surface area contributed by atoms with Gasteiger partial charge in [-0.3, -0.25) is 0 Å². The molecule has 2 aromatic heterocycles. The molecule has 3 heteroatoms. The first-order valence-electron chi connectivity index (χ1n) is 10.4. The Kier molecular flexibility index (Phi) is 3.20. The molecule has 0 unspecified atom stereocenters. The van der Waals surface area contributed by atoms with Gasteiger partial charge in [0.2, 0.25) is 0 Å². The third kappa shape index (κ3) is 2.26. The van der Waals surface area contributed by atoms with Crippen molar-refractivity contribution >= 4 is 54.4 Å². The lowest BCUT2D eigenvalue weighted by molar-refractivity contribution is 0.628. The summed E-state index contributed by atoms with van der Waals surface area (Å²) in [7, 11) is 0. The third-order valence-electron chi connectivity index (χ3n) is 6.40. The fraction of sp³-hybridized carbons (Fsp3) is 0. The van der Waals surface area contributed by atoms with E-state index in [0.29, 0.717) is 0 Å². The maximum Gasteiger partial charge on any atom is 0.123 e. The van der Waals surface area contributed by atoms with Crippen LogP contribution in [0.1, 0.15) is 0 Å². The number of para-hydroxylation sites is 2. The number of hydrogen-bond acceptors (Lipinski definition) is 0. The van der Waals surface area contributed by atoms with Crippen molar-refractivity contribution in [2.24, 2.45) is 0 Å². The molecule has 31 heavy (non-hydrogen) atoms. The zero-order chi connectivity index (χ0) is 20.5. The van der Waals surface area contributed by atoms with Gasteiger partial charge in [-0.1, -0.05) is 60.7 Å². The molecule has 0 radical (unpaired) electrons. The number of aromatic nitrogens is 2. The summed E-state index contributed by atoms with van der Waals surface area (Å²) in [5.41, 5.74) is 6.58. The molecular weight excluding hydrogens is 383 g/mol. The van der Waals surface area contributed by atoms with Crippen LogP contribution in [0.15, 0.2) is 91.0 Å². The molecule has 0 saturated heterocycles. The van der Waals surface area contributed by atoms with E-state index in [2.05, 4.69) is 70.6 Å². The van der Waals surface area contributed by atoms with E-state index in [4.69, 9.17) is 0 Å². The van der Waals surface area contributed by atoms with Gasteiger partial charge in [0, 0.05) is 43.5 Å². The molecule has 0 aliphatic rings. The Bertz CT molecular complexity index is 1790. The Morgan fingerprint density at radius 1 is 0.516 bits per heavy atom. The van der Waals surface area contributed by atoms with Crippen LogP contribution in [0.4, 0.5) is 4.39 Å². The van der Waals surface area contributed by atoms with Crippen LogP contribution < -0.4 is 0 Å². The molecule has 0 atom stereocenters. The van der Waals surface area contributed by atoms with E-state index in [1.54, 1.807) is 0 Å². The van der Waals surface area contributed by atoms with E-state index in [-0.39, 0.29) is 5.82 Å². The Morgan fingerprint density at radius 3 is 2.00 bits per heavy atom. The number of nitrogens with one attached hydrogen (secondary N) is 2. The lowest BCUT2D eigenvalue weighted by atomic mass is 9.92. The number of hydrogen-bond donors (Lipinski definition) is 2. The van der Waals surface area contributed by atoms with Crippen molar-refractivity contribution in [2.45, 2.75) is 0 Å². The number of aromatic amines is 2. The largest absolute Gasteiger partial charge is 0.354 e. The summed E-state index contributed by atoms with van der Waals surface area (Å²) in [5, 5.41) is 7.10. The van der Waals surface area contributed by atoms with E-state index in [1.165, 1.54) is 33.7 Å². The van der Waals surface area contributed by atoms with Crippen molar-refractivity contribution in [2.75, 3.05) is 0 Å². The average Bonchev–Trinajstić information content (AvgIpc) is 3.36. The van der Waals surface area contributed by atoms with E-state index in [1.807, 2.05) is 18.2 Å². The highest BCUT2D eigenvalue weighted by atomic mass is 19.1. The minimum Gasteiger partial charge on any atom is -0.354 e. The maximum atomic E-state index is 13.7. The Labute approximate surface area is 176 Å². The van der Waals surface area contributed by atoms with E-state index in [9.17, 15) is 4.39 Å². The van der Waals surface area contributed by atoms with Gasteiger partial charge in [-0.15, -0.1) is 0 Å². The van der Waals surface area contributed by atoms with Gasteiger partial charge in [0.25, 0.3) is 0 Å². The van der Waals surface area contributed by atoms with Crippen LogP contribution in [0.25, 0.3) is 65.5 Å². The van der Waals surface area contributed by atoms with Gasteiger partial charge in [0.15, 0.2) is 0 Å². The molecule has 2 N–H and O–H groups in total. The first-order valence-corrected chi connectivity index (χ1v) is 10.4. The summed E-state index contributed by atoms with van der Waals surface area (Å²) < 4.78 is 13.7. The van der Waals surface area contributed by atoms with Crippen molar-refractivity contribution in [3.63, 3.8) is 0 Å². The third-order valence-corrected chi connectivity index (χ3v) is 6.40. The zero-order valence-electron chi connectivity index (χ0n) is 16.5. The van der Waals surface area contributed by atoms with Gasteiger partial charge in [0.05, 0.1) is 5.52 Å². The van der Waals surface area contributed by atoms with Gasteiger partial charge >= 0.3 is 0 Å². The molecule has 0 aliphatic carbocycles. The number of rotatable bonds is 1. The SMILES string of the molecule is Fc1ccc(-c2c3ccc4c5ccccc5[nH]c4c3cc3[nH]c4ccccc4c23)cc1. The van der Waals surface area contributed by atoms with E-state index < -0.39 is 0 Å². The highest BCUT2D eigenvalue weighted by molar-refractivity contribution is 6.27. The summed E-state index contributed by atoms with van der Waals surface area (Å²) >= 11 is 0. The fourth-order valence-electron chi connectivity index (χ4n) is 5.04. The van der Waals surface area contributed by atoms with Crippen LogP contribution in [0.5, 0.6) is 0 Å². The standard InChI is InChI=1S/C28H17FN2/c29-17-11-9-16(10-12-17)26-19-13-14-20-18-5-1-3-7-23(18)31-28(20)22(19)15-25-27(26)21-6-2-4-8-24(21)30-25/h1-15,30-31H. The van der Waals surface area contributed by atoms with Crippen LogP contribution in [0.2, 0.25) is 0 Å². The van der Waals surface area contributed by atoms with Crippen LogP contribution in [0, 0.1) is 5.82 Å². The Morgan fingerprint density at radius 2 is 1.19 bits per heavy atom. The molecule has 2 nitrogen and oxygen atoms in total. The van der Waals surface area contributed by atoms with Gasteiger partial charge in [-0.05, 0) is 46.8 Å². The molecule has 7 rings (SSSR count). The molecule has 0 spiro atoms. The van der Waals surface area contributed by atoms with Crippen LogP contribution >= 0.6 is 0 Å².